The summed E-state index contributed by atoms with van der Waals surface area (Å²) >= 11 is 0. The maximum atomic E-state index is 12.8. The van der Waals surface area contributed by atoms with E-state index >= 15 is 0 Å². The number of carbonyl (C=O) groups is 3. The Morgan fingerprint density at radius 2 is 1.59 bits per heavy atom. The number of amides is 2. The van der Waals surface area contributed by atoms with Crippen LogP contribution in [0.2, 0.25) is 18.1 Å². The van der Waals surface area contributed by atoms with E-state index in [1.165, 1.54) is 6.92 Å². The van der Waals surface area contributed by atoms with Crippen LogP contribution in [0.25, 0.3) is 0 Å². The molecule has 0 aromatic heterocycles. The Labute approximate surface area is 163 Å². The first-order valence-corrected chi connectivity index (χ1v) is 12.3. The topological polar surface area (TPSA) is 93.1 Å². The predicted octanol–water partition coefficient (Wildman–Crippen LogP) is 3.88. The third kappa shape index (κ3) is 5.10. The fraction of sp³-hybridized carbons (Fsp3) is 0.842. The second kappa shape index (κ2) is 7.54. The number of ether oxygens (including phenoxy) is 1. The van der Waals surface area contributed by atoms with Crippen molar-refractivity contribution in [2.24, 2.45) is 11.8 Å². The van der Waals surface area contributed by atoms with Crippen molar-refractivity contribution in [1.82, 2.24) is 4.90 Å². The van der Waals surface area contributed by atoms with Crippen molar-refractivity contribution in [2.45, 2.75) is 91.3 Å². The lowest BCUT2D eigenvalue weighted by Gasteiger charge is -2.51. The zero-order valence-electron chi connectivity index (χ0n) is 18.2. The molecule has 8 heteroatoms. The number of carboxylic acid groups (broad SMARTS) is 1. The van der Waals surface area contributed by atoms with Gasteiger partial charge in [0.1, 0.15) is 5.60 Å². The number of hydrogen-bond donors (Lipinski definition) is 1. The van der Waals surface area contributed by atoms with Crippen LogP contribution in [0.5, 0.6) is 0 Å². The number of imide groups is 1. The minimum atomic E-state index is -2.16. The lowest BCUT2D eigenvalue weighted by molar-refractivity contribution is -0.169. The van der Waals surface area contributed by atoms with Crippen LogP contribution in [0.15, 0.2) is 0 Å². The summed E-state index contributed by atoms with van der Waals surface area (Å²) < 4.78 is 11.6. The summed E-state index contributed by atoms with van der Waals surface area (Å²) in [5, 5.41) is 9.43. The molecule has 0 aliphatic carbocycles. The van der Waals surface area contributed by atoms with Gasteiger partial charge in [-0.1, -0.05) is 20.8 Å². The van der Waals surface area contributed by atoms with Crippen molar-refractivity contribution < 1.29 is 28.7 Å². The van der Waals surface area contributed by atoms with Crippen LogP contribution >= 0.6 is 0 Å². The quantitative estimate of drug-likeness (QED) is 0.555. The van der Waals surface area contributed by atoms with Crippen molar-refractivity contribution in [3.05, 3.63) is 0 Å². The van der Waals surface area contributed by atoms with E-state index in [1.54, 1.807) is 27.7 Å². The molecule has 1 aliphatic rings. The summed E-state index contributed by atoms with van der Waals surface area (Å²) in [5.74, 6) is -3.09. The van der Waals surface area contributed by atoms with Crippen molar-refractivity contribution in [2.75, 3.05) is 0 Å². The highest BCUT2D eigenvalue weighted by atomic mass is 28.4. The smallest absolute Gasteiger partial charge is 0.417 e. The van der Waals surface area contributed by atoms with Crippen LogP contribution in [0.1, 0.15) is 55.4 Å². The monoisotopic (exact) mass is 401 g/mol. The summed E-state index contributed by atoms with van der Waals surface area (Å²) in [7, 11) is -2.16. The molecule has 0 bridgehead atoms. The first-order valence-electron chi connectivity index (χ1n) is 9.37. The van der Waals surface area contributed by atoms with Gasteiger partial charge in [-0.05, 0) is 52.8 Å². The molecule has 1 rings (SSSR count). The number of aliphatic carboxylic acids is 1. The van der Waals surface area contributed by atoms with Crippen molar-refractivity contribution in [3.63, 3.8) is 0 Å². The van der Waals surface area contributed by atoms with Gasteiger partial charge in [-0.3, -0.25) is 9.59 Å². The molecule has 0 aromatic rings. The van der Waals surface area contributed by atoms with Gasteiger partial charge < -0.3 is 14.3 Å². The van der Waals surface area contributed by atoms with Crippen LogP contribution in [0.3, 0.4) is 0 Å². The molecule has 1 N–H and O–H groups in total. The fourth-order valence-electron chi connectivity index (χ4n) is 2.93. The van der Waals surface area contributed by atoms with Crippen molar-refractivity contribution in [3.8, 4) is 0 Å². The molecule has 1 aliphatic heterocycles. The Kier molecular flexibility index (Phi) is 6.60. The molecule has 4 atom stereocenters. The number of carboxylic acids is 1. The van der Waals surface area contributed by atoms with E-state index in [9.17, 15) is 19.5 Å². The van der Waals surface area contributed by atoms with E-state index in [1.807, 2.05) is 0 Å². The van der Waals surface area contributed by atoms with Crippen molar-refractivity contribution in [1.29, 1.82) is 0 Å². The summed E-state index contributed by atoms with van der Waals surface area (Å²) in [6.07, 6.45) is -1.29. The molecule has 7 nitrogen and oxygen atoms in total. The Morgan fingerprint density at radius 3 is 1.96 bits per heavy atom. The second-order valence-electron chi connectivity index (χ2n) is 9.92. The Hall–Kier alpha value is -1.41. The van der Waals surface area contributed by atoms with E-state index in [4.69, 9.17) is 9.16 Å². The predicted molar refractivity (Wildman–Crippen MR) is 105 cm³/mol. The molecular weight excluding hydrogens is 366 g/mol. The first-order chi connectivity index (χ1) is 11.9. The molecular formula is C19H35NO6Si. The van der Waals surface area contributed by atoms with E-state index in [2.05, 4.69) is 33.9 Å². The van der Waals surface area contributed by atoms with Gasteiger partial charge in [0.25, 0.3) is 0 Å². The van der Waals surface area contributed by atoms with Gasteiger partial charge in [0.05, 0.1) is 24.0 Å². The highest BCUT2D eigenvalue weighted by Gasteiger charge is 2.58. The SMILES string of the molecule is CC(O[Si](C)(C)C(C)(C)C)C1C(=O)N(C(=O)OC(C)(C)C)C1C(C)C(=O)O. The lowest BCUT2D eigenvalue weighted by Crippen LogP contribution is -2.70. The molecule has 156 valence electrons. The van der Waals surface area contributed by atoms with Gasteiger partial charge in [0.15, 0.2) is 8.32 Å². The van der Waals surface area contributed by atoms with Crippen LogP contribution in [-0.4, -0.2) is 54.0 Å². The fourth-order valence-corrected chi connectivity index (χ4v) is 4.36. The van der Waals surface area contributed by atoms with E-state index in [0.717, 1.165) is 4.90 Å². The minimum Gasteiger partial charge on any atom is -0.481 e. The third-order valence-corrected chi connectivity index (χ3v) is 10.0. The zero-order chi connectivity index (χ0) is 21.5. The lowest BCUT2D eigenvalue weighted by atomic mass is 9.77. The average Bonchev–Trinajstić information content (AvgIpc) is 2.39. The molecule has 4 unspecified atom stereocenters. The molecule has 0 aromatic carbocycles. The maximum absolute atomic E-state index is 12.8. The van der Waals surface area contributed by atoms with Crippen LogP contribution in [0, 0.1) is 11.8 Å². The van der Waals surface area contributed by atoms with Crippen molar-refractivity contribution >= 4 is 26.3 Å². The minimum absolute atomic E-state index is 0.0488. The average molecular weight is 402 g/mol. The summed E-state index contributed by atoms with van der Waals surface area (Å²) in [6, 6.07) is -0.787. The molecule has 1 fully saturated rings. The van der Waals surface area contributed by atoms with E-state index in [0.29, 0.717) is 0 Å². The highest BCUT2D eigenvalue weighted by Crippen LogP contribution is 2.42. The Bertz CT molecular complexity index is 604. The van der Waals surface area contributed by atoms with Crippen LogP contribution < -0.4 is 0 Å². The van der Waals surface area contributed by atoms with E-state index < -0.39 is 55.9 Å². The largest absolute Gasteiger partial charge is 0.481 e. The number of likely N-dealkylation sites (tertiary alicyclic amines) is 1. The normalized spacial score (nSPS) is 23.5. The zero-order valence-corrected chi connectivity index (χ0v) is 19.2. The molecule has 1 heterocycles. The second-order valence-corrected chi connectivity index (χ2v) is 14.7. The molecule has 1 saturated heterocycles. The molecule has 0 radical (unpaired) electrons. The summed E-state index contributed by atoms with van der Waals surface area (Å²) in [5.41, 5.74) is -0.775. The van der Waals surface area contributed by atoms with Gasteiger partial charge >= 0.3 is 12.1 Å². The Balaban J connectivity index is 3.11. The standard InChI is InChI=1S/C19H35NO6Si/c1-11(16(22)23)14-13(12(2)26-27(9,10)19(6,7)8)15(21)20(14)17(24)25-18(3,4)5/h11-14H,1-10H3,(H,22,23). The van der Waals surface area contributed by atoms with E-state index in [-0.39, 0.29) is 5.04 Å². The molecule has 0 saturated carbocycles. The highest BCUT2D eigenvalue weighted by molar-refractivity contribution is 6.74. The van der Waals surface area contributed by atoms with Gasteiger partial charge in [-0.25, -0.2) is 9.69 Å². The van der Waals surface area contributed by atoms with Gasteiger partial charge in [0.2, 0.25) is 5.91 Å². The first kappa shape index (κ1) is 23.6. The summed E-state index contributed by atoms with van der Waals surface area (Å²) in [4.78, 5) is 37.8. The maximum Gasteiger partial charge on any atom is 0.417 e. The Morgan fingerprint density at radius 1 is 1.11 bits per heavy atom. The molecule has 2 amide bonds. The molecule has 27 heavy (non-hydrogen) atoms. The summed E-state index contributed by atoms with van der Waals surface area (Å²) in [6.45, 7) is 18.8. The number of β-lactam (4-membered cyclic amide) rings is 1. The molecule has 0 spiro atoms. The van der Waals surface area contributed by atoms with Gasteiger partial charge in [-0.15, -0.1) is 0 Å². The van der Waals surface area contributed by atoms with Gasteiger partial charge in [0, 0.05) is 0 Å². The number of carbonyl (C=O) groups excluding carboxylic acids is 2. The third-order valence-electron chi connectivity index (χ3n) is 5.47. The van der Waals surface area contributed by atoms with Gasteiger partial charge in [-0.2, -0.15) is 0 Å². The number of rotatable bonds is 5. The number of nitrogens with zero attached hydrogens (tertiary/aromatic N) is 1. The number of hydrogen-bond acceptors (Lipinski definition) is 5. The van der Waals surface area contributed by atoms with Crippen LogP contribution in [-0.2, 0) is 18.8 Å². The van der Waals surface area contributed by atoms with Crippen LogP contribution in [0.4, 0.5) is 4.79 Å².